The van der Waals surface area contributed by atoms with Crippen LogP contribution in [0.4, 0.5) is 0 Å². The predicted octanol–water partition coefficient (Wildman–Crippen LogP) is 3.20. The number of hydrogen-bond acceptors (Lipinski definition) is 5. The third-order valence-corrected chi connectivity index (χ3v) is 3.96. The number of nitrogens with zero attached hydrogens (tertiary/aromatic N) is 5. The summed E-state index contributed by atoms with van der Waals surface area (Å²) in [4.78, 5) is 6.50. The maximum Gasteiger partial charge on any atom is 0.279 e. The van der Waals surface area contributed by atoms with Gasteiger partial charge in [-0.2, -0.15) is 10.1 Å². The highest BCUT2D eigenvalue weighted by Crippen LogP contribution is 2.27. The minimum Gasteiger partial charge on any atom is -0.332 e. The van der Waals surface area contributed by atoms with Crippen LogP contribution in [0.2, 0.25) is 0 Å². The van der Waals surface area contributed by atoms with Crippen molar-refractivity contribution in [3.8, 4) is 11.6 Å². The molecule has 0 spiro atoms. The summed E-state index contributed by atoms with van der Waals surface area (Å²) in [6.45, 7) is 1.33. The average molecular weight is 333 g/mol. The number of rotatable bonds is 5. The number of benzene rings is 2. The summed E-state index contributed by atoms with van der Waals surface area (Å²) < 4.78 is 7.44. The monoisotopic (exact) mass is 333 g/mol. The summed E-state index contributed by atoms with van der Waals surface area (Å²) >= 11 is 0. The second-order valence-electron chi connectivity index (χ2n) is 6.26. The molecule has 6 nitrogen and oxygen atoms in total. The Kier molecular flexibility index (Phi) is 4.03. The summed E-state index contributed by atoms with van der Waals surface area (Å²) in [7, 11) is 3.94. The minimum atomic E-state index is 0.458. The molecule has 2 heterocycles. The molecule has 0 unspecified atom stereocenters. The molecular formula is C19H19N5O. The fourth-order valence-corrected chi connectivity index (χ4v) is 2.86. The van der Waals surface area contributed by atoms with Gasteiger partial charge in [0.1, 0.15) is 0 Å². The van der Waals surface area contributed by atoms with Crippen LogP contribution in [0.5, 0.6) is 0 Å². The zero-order valence-corrected chi connectivity index (χ0v) is 14.3. The maximum atomic E-state index is 5.46. The molecule has 2 aromatic heterocycles. The van der Waals surface area contributed by atoms with E-state index in [4.69, 9.17) is 9.62 Å². The highest BCUT2D eigenvalue weighted by atomic mass is 16.5. The van der Waals surface area contributed by atoms with Gasteiger partial charge in [0.25, 0.3) is 5.89 Å². The number of hydrogen-bond donors (Lipinski definition) is 0. The van der Waals surface area contributed by atoms with E-state index in [1.165, 1.54) is 5.56 Å². The second-order valence-corrected chi connectivity index (χ2v) is 6.26. The number of aromatic nitrogens is 4. The Morgan fingerprint density at radius 2 is 1.76 bits per heavy atom. The summed E-state index contributed by atoms with van der Waals surface area (Å²) in [6, 6.07) is 18.4. The third kappa shape index (κ3) is 3.16. The Morgan fingerprint density at radius 3 is 2.56 bits per heavy atom. The lowest BCUT2D eigenvalue weighted by Crippen LogP contribution is -2.11. The zero-order valence-electron chi connectivity index (χ0n) is 14.3. The fraction of sp³-hybridized carbons (Fsp3) is 0.211. The molecule has 0 fully saturated rings. The van der Waals surface area contributed by atoms with Gasteiger partial charge in [0.05, 0.1) is 18.6 Å². The normalized spacial score (nSPS) is 11.5. The maximum absolute atomic E-state index is 5.46. The third-order valence-electron chi connectivity index (χ3n) is 3.96. The molecule has 0 aliphatic heterocycles. The van der Waals surface area contributed by atoms with E-state index in [2.05, 4.69) is 28.3 Å². The van der Waals surface area contributed by atoms with E-state index < -0.39 is 0 Å². The van der Waals surface area contributed by atoms with Crippen LogP contribution in [0.25, 0.3) is 22.5 Å². The van der Waals surface area contributed by atoms with E-state index in [1.807, 2.05) is 60.1 Å². The Hall–Kier alpha value is -2.99. The molecule has 0 atom stereocenters. The SMILES string of the molecule is CN(C)Cc1noc(-c2nn(Cc3ccccc3)c3ccccc23)n1. The van der Waals surface area contributed by atoms with Crippen LogP contribution in [0.1, 0.15) is 11.4 Å². The highest BCUT2D eigenvalue weighted by Gasteiger charge is 2.18. The van der Waals surface area contributed by atoms with E-state index in [9.17, 15) is 0 Å². The van der Waals surface area contributed by atoms with Crippen molar-refractivity contribution in [2.45, 2.75) is 13.1 Å². The highest BCUT2D eigenvalue weighted by molar-refractivity contribution is 5.91. The van der Waals surface area contributed by atoms with Crippen LogP contribution in [0.15, 0.2) is 59.1 Å². The van der Waals surface area contributed by atoms with Crippen LogP contribution in [0.3, 0.4) is 0 Å². The van der Waals surface area contributed by atoms with Crippen molar-refractivity contribution >= 4 is 10.9 Å². The quantitative estimate of drug-likeness (QED) is 0.561. The van der Waals surface area contributed by atoms with Gasteiger partial charge in [-0.3, -0.25) is 4.68 Å². The van der Waals surface area contributed by atoms with Gasteiger partial charge < -0.3 is 9.42 Å². The standard InChI is InChI=1S/C19H19N5O/c1-23(2)13-17-20-19(25-22-17)18-15-10-6-7-11-16(15)24(21-18)12-14-8-4-3-5-9-14/h3-11H,12-13H2,1-2H3. The van der Waals surface area contributed by atoms with Crippen LogP contribution in [-0.4, -0.2) is 38.9 Å². The molecule has 6 heteroatoms. The van der Waals surface area contributed by atoms with Gasteiger partial charge in [0.15, 0.2) is 11.5 Å². The van der Waals surface area contributed by atoms with Gasteiger partial charge in [-0.25, -0.2) is 0 Å². The Labute approximate surface area is 145 Å². The van der Waals surface area contributed by atoms with E-state index >= 15 is 0 Å². The average Bonchev–Trinajstić information content (AvgIpc) is 3.20. The van der Waals surface area contributed by atoms with Crippen molar-refractivity contribution in [2.24, 2.45) is 0 Å². The topological polar surface area (TPSA) is 60.0 Å². The molecule has 4 rings (SSSR count). The van der Waals surface area contributed by atoms with Gasteiger partial charge in [0.2, 0.25) is 0 Å². The van der Waals surface area contributed by atoms with E-state index in [-0.39, 0.29) is 0 Å². The first-order valence-electron chi connectivity index (χ1n) is 8.18. The lowest BCUT2D eigenvalue weighted by molar-refractivity contribution is 0.365. The molecular weight excluding hydrogens is 314 g/mol. The molecule has 0 amide bonds. The zero-order chi connectivity index (χ0) is 17.2. The predicted molar refractivity (Wildman–Crippen MR) is 96.0 cm³/mol. The van der Waals surface area contributed by atoms with Crippen LogP contribution in [0, 0.1) is 0 Å². The molecule has 0 saturated carbocycles. The summed E-state index contributed by atoms with van der Waals surface area (Å²) in [5, 5.41) is 9.82. The molecule has 4 aromatic rings. The molecule has 25 heavy (non-hydrogen) atoms. The molecule has 0 radical (unpaired) electrons. The molecule has 0 aliphatic carbocycles. The van der Waals surface area contributed by atoms with Crippen molar-refractivity contribution < 1.29 is 4.52 Å². The first-order chi connectivity index (χ1) is 12.2. The smallest absolute Gasteiger partial charge is 0.279 e. The second kappa shape index (κ2) is 6.49. The van der Waals surface area contributed by atoms with Gasteiger partial charge >= 0.3 is 0 Å². The van der Waals surface area contributed by atoms with Gasteiger partial charge in [-0.15, -0.1) is 0 Å². The Balaban J connectivity index is 1.76. The van der Waals surface area contributed by atoms with Gasteiger partial charge in [-0.1, -0.05) is 53.7 Å². The number of para-hydroxylation sites is 1. The van der Waals surface area contributed by atoms with Crippen molar-refractivity contribution in [2.75, 3.05) is 14.1 Å². The Bertz CT molecular complexity index is 987. The van der Waals surface area contributed by atoms with Crippen LogP contribution < -0.4 is 0 Å². The van der Waals surface area contributed by atoms with Crippen molar-refractivity contribution in [1.82, 2.24) is 24.8 Å². The number of fused-ring (bicyclic) bond motifs is 1. The molecule has 0 saturated heterocycles. The van der Waals surface area contributed by atoms with E-state index in [1.54, 1.807) is 0 Å². The van der Waals surface area contributed by atoms with Crippen LogP contribution in [-0.2, 0) is 13.1 Å². The molecule has 0 aliphatic rings. The lowest BCUT2D eigenvalue weighted by Gasteiger charge is -2.03. The van der Waals surface area contributed by atoms with Gasteiger partial charge in [0, 0.05) is 5.39 Å². The molecule has 0 bridgehead atoms. The van der Waals surface area contributed by atoms with E-state index in [0.717, 1.165) is 16.6 Å². The first-order valence-corrected chi connectivity index (χ1v) is 8.18. The minimum absolute atomic E-state index is 0.458. The van der Waals surface area contributed by atoms with Crippen LogP contribution >= 0.6 is 0 Å². The van der Waals surface area contributed by atoms with Crippen molar-refractivity contribution in [3.63, 3.8) is 0 Å². The molecule has 2 aromatic carbocycles. The largest absolute Gasteiger partial charge is 0.332 e. The van der Waals surface area contributed by atoms with Crippen molar-refractivity contribution in [1.29, 1.82) is 0 Å². The molecule has 126 valence electrons. The molecule has 0 N–H and O–H groups in total. The fourth-order valence-electron chi connectivity index (χ4n) is 2.86. The van der Waals surface area contributed by atoms with Gasteiger partial charge in [-0.05, 0) is 25.7 Å². The van der Waals surface area contributed by atoms with E-state index in [0.29, 0.717) is 24.8 Å². The summed E-state index contributed by atoms with van der Waals surface area (Å²) in [5.74, 6) is 1.11. The lowest BCUT2D eigenvalue weighted by atomic mass is 10.2. The first kappa shape index (κ1) is 15.5. The Morgan fingerprint density at radius 1 is 1.00 bits per heavy atom. The summed E-state index contributed by atoms with van der Waals surface area (Å²) in [6.07, 6.45) is 0. The van der Waals surface area contributed by atoms with Crippen molar-refractivity contribution in [3.05, 3.63) is 66.0 Å². The summed E-state index contributed by atoms with van der Waals surface area (Å²) in [5.41, 5.74) is 2.97.